The molecule has 0 unspecified atom stereocenters. The van der Waals surface area contributed by atoms with Gasteiger partial charge in [0.1, 0.15) is 0 Å². The highest BCUT2D eigenvalue weighted by Gasteiger charge is 2.18. The van der Waals surface area contributed by atoms with Crippen LogP contribution in [0.25, 0.3) is 0 Å². The van der Waals surface area contributed by atoms with Crippen LogP contribution in [0.4, 0.5) is 0 Å². The molecule has 4 N–H and O–H groups in total. The number of carbonyl (C=O) groups is 2. The van der Waals surface area contributed by atoms with Crippen molar-refractivity contribution in [1.29, 1.82) is 0 Å². The summed E-state index contributed by atoms with van der Waals surface area (Å²) in [6.07, 6.45) is 0. The number of hydrogen-bond acceptors (Lipinski definition) is 4. The van der Waals surface area contributed by atoms with Gasteiger partial charge in [-0.1, -0.05) is 44.2 Å². The Morgan fingerprint density at radius 3 is 2.44 bits per heavy atom. The van der Waals surface area contributed by atoms with E-state index in [0.29, 0.717) is 13.1 Å². The first-order valence-electron chi connectivity index (χ1n) is 9.16. The van der Waals surface area contributed by atoms with Crippen molar-refractivity contribution in [3.63, 3.8) is 0 Å². The van der Waals surface area contributed by atoms with Crippen molar-refractivity contribution in [3.8, 4) is 0 Å². The summed E-state index contributed by atoms with van der Waals surface area (Å²) in [4.78, 5) is 23.9. The van der Waals surface area contributed by atoms with Gasteiger partial charge in [0.25, 0.3) is 0 Å². The van der Waals surface area contributed by atoms with Gasteiger partial charge in [-0.05, 0) is 25.3 Å². The summed E-state index contributed by atoms with van der Waals surface area (Å²) in [5.41, 5.74) is 9.82. The number of aryl methyl sites for hydroxylation is 1. The number of nitrogens with one attached hydrogen (secondary N) is 2. The van der Waals surface area contributed by atoms with Crippen molar-refractivity contribution in [1.82, 2.24) is 20.4 Å². The van der Waals surface area contributed by atoms with Crippen molar-refractivity contribution in [2.24, 2.45) is 11.7 Å². The van der Waals surface area contributed by atoms with E-state index in [0.717, 1.165) is 17.0 Å². The maximum Gasteiger partial charge on any atom is 0.239 e. The predicted molar refractivity (Wildman–Crippen MR) is 105 cm³/mol. The van der Waals surface area contributed by atoms with Crippen LogP contribution in [0, 0.1) is 19.8 Å². The molecule has 2 amide bonds. The molecule has 0 spiro atoms. The fourth-order valence-electron chi connectivity index (χ4n) is 2.74. The highest BCUT2D eigenvalue weighted by Crippen LogP contribution is 2.14. The van der Waals surface area contributed by atoms with Gasteiger partial charge in [-0.15, -0.1) is 0 Å². The van der Waals surface area contributed by atoms with E-state index in [1.165, 1.54) is 5.56 Å². The lowest BCUT2D eigenvalue weighted by Gasteiger charge is -2.15. The average molecular weight is 371 g/mol. The van der Waals surface area contributed by atoms with Crippen LogP contribution >= 0.6 is 0 Å². The Bertz CT molecular complexity index is 783. The molecule has 1 heterocycles. The molecule has 27 heavy (non-hydrogen) atoms. The van der Waals surface area contributed by atoms with Crippen molar-refractivity contribution >= 4 is 11.8 Å². The smallest absolute Gasteiger partial charge is 0.239 e. The molecule has 0 aliphatic heterocycles. The van der Waals surface area contributed by atoms with E-state index in [4.69, 9.17) is 5.73 Å². The van der Waals surface area contributed by atoms with E-state index in [1.807, 2.05) is 50.6 Å². The van der Waals surface area contributed by atoms with Gasteiger partial charge in [0, 0.05) is 17.8 Å². The molecule has 2 aromatic rings. The number of hydrogen-bond donors (Lipinski definition) is 3. The van der Waals surface area contributed by atoms with E-state index in [1.54, 1.807) is 0 Å². The second-order valence-corrected chi connectivity index (χ2v) is 7.06. The monoisotopic (exact) mass is 371 g/mol. The van der Waals surface area contributed by atoms with E-state index < -0.39 is 6.04 Å². The lowest BCUT2D eigenvalue weighted by Crippen LogP contribution is -2.47. The molecule has 0 fully saturated rings. The van der Waals surface area contributed by atoms with Gasteiger partial charge in [0.05, 0.1) is 24.8 Å². The number of rotatable bonds is 8. The van der Waals surface area contributed by atoms with E-state index >= 15 is 0 Å². The molecule has 7 nitrogen and oxygen atoms in total. The Kier molecular flexibility index (Phi) is 7.12. The molecular weight excluding hydrogens is 342 g/mol. The molecule has 146 valence electrons. The van der Waals surface area contributed by atoms with Crippen LogP contribution in [-0.2, 0) is 22.7 Å². The van der Waals surface area contributed by atoms with Gasteiger partial charge in [0.2, 0.25) is 11.8 Å². The van der Waals surface area contributed by atoms with Crippen molar-refractivity contribution < 1.29 is 9.59 Å². The normalized spacial score (nSPS) is 12.1. The zero-order valence-electron chi connectivity index (χ0n) is 16.5. The van der Waals surface area contributed by atoms with Crippen LogP contribution in [-0.4, -0.2) is 34.2 Å². The van der Waals surface area contributed by atoms with Crippen LogP contribution < -0.4 is 16.4 Å². The van der Waals surface area contributed by atoms with Gasteiger partial charge < -0.3 is 16.4 Å². The predicted octanol–water partition coefficient (Wildman–Crippen LogP) is 1.26. The lowest BCUT2D eigenvalue weighted by atomic mass is 10.1. The molecule has 0 saturated heterocycles. The van der Waals surface area contributed by atoms with Crippen molar-refractivity contribution in [3.05, 3.63) is 52.8 Å². The van der Waals surface area contributed by atoms with Gasteiger partial charge >= 0.3 is 0 Å². The summed E-state index contributed by atoms with van der Waals surface area (Å²) < 4.78 is 1.94. The molecule has 0 bridgehead atoms. The molecule has 2 rings (SSSR count). The summed E-state index contributed by atoms with van der Waals surface area (Å²) in [5.74, 6) is -0.550. The standard InChI is InChI=1S/C20H29N5O2/c1-13(2)19(21)20(27)23-11-18(26)22-10-17-14(3)24-25(15(17)4)12-16-8-6-5-7-9-16/h5-9,13,19H,10-12,21H2,1-4H3,(H,22,26)(H,23,27)/t19-/m0/s1. The Labute approximate surface area is 160 Å². The minimum Gasteiger partial charge on any atom is -0.350 e. The van der Waals surface area contributed by atoms with Crippen LogP contribution in [0.5, 0.6) is 0 Å². The average Bonchev–Trinajstić information content (AvgIpc) is 2.91. The molecule has 1 aromatic carbocycles. The SMILES string of the molecule is Cc1nn(Cc2ccccc2)c(C)c1CNC(=O)CNC(=O)[C@@H](N)C(C)C. The van der Waals surface area contributed by atoms with E-state index in [-0.39, 0.29) is 24.3 Å². The first kappa shape index (κ1) is 20.6. The molecule has 1 aromatic heterocycles. The van der Waals surface area contributed by atoms with Gasteiger partial charge in [-0.3, -0.25) is 14.3 Å². The summed E-state index contributed by atoms with van der Waals surface area (Å²) in [5, 5.41) is 9.98. The summed E-state index contributed by atoms with van der Waals surface area (Å²) in [7, 11) is 0. The second-order valence-electron chi connectivity index (χ2n) is 7.06. The zero-order chi connectivity index (χ0) is 20.0. The van der Waals surface area contributed by atoms with E-state index in [9.17, 15) is 9.59 Å². The summed E-state index contributed by atoms with van der Waals surface area (Å²) in [6.45, 7) is 8.62. The number of amides is 2. The summed E-state index contributed by atoms with van der Waals surface area (Å²) in [6, 6.07) is 9.49. The number of nitrogens with zero attached hydrogens (tertiary/aromatic N) is 2. The molecule has 0 saturated carbocycles. The lowest BCUT2D eigenvalue weighted by molar-refractivity contribution is -0.127. The molecule has 0 aliphatic carbocycles. The van der Waals surface area contributed by atoms with Crippen molar-refractivity contribution in [2.45, 2.75) is 46.8 Å². The van der Waals surface area contributed by atoms with Crippen LogP contribution in [0.3, 0.4) is 0 Å². The van der Waals surface area contributed by atoms with Gasteiger partial charge in [-0.25, -0.2) is 0 Å². The fraction of sp³-hybridized carbons (Fsp3) is 0.450. The Morgan fingerprint density at radius 1 is 1.15 bits per heavy atom. The minimum atomic E-state index is -0.612. The molecule has 0 aliphatic rings. The Balaban J connectivity index is 1.90. The largest absolute Gasteiger partial charge is 0.350 e. The highest BCUT2D eigenvalue weighted by atomic mass is 16.2. The third-order valence-corrected chi connectivity index (χ3v) is 4.61. The van der Waals surface area contributed by atoms with Crippen molar-refractivity contribution in [2.75, 3.05) is 6.54 Å². The fourth-order valence-corrected chi connectivity index (χ4v) is 2.74. The molecular formula is C20H29N5O2. The van der Waals surface area contributed by atoms with Gasteiger partial charge in [0.15, 0.2) is 0 Å². The molecule has 0 radical (unpaired) electrons. The number of carbonyl (C=O) groups excluding carboxylic acids is 2. The highest BCUT2D eigenvalue weighted by molar-refractivity contribution is 5.87. The third-order valence-electron chi connectivity index (χ3n) is 4.61. The maximum absolute atomic E-state index is 12.0. The second kappa shape index (κ2) is 9.32. The molecule has 7 heteroatoms. The third kappa shape index (κ3) is 5.65. The number of nitrogens with two attached hydrogens (primary N) is 1. The molecule has 1 atom stereocenters. The Hall–Kier alpha value is -2.67. The van der Waals surface area contributed by atoms with E-state index in [2.05, 4.69) is 27.9 Å². The minimum absolute atomic E-state index is 0.0220. The van der Waals surface area contributed by atoms with Crippen LogP contribution in [0.15, 0.2) is 30.3 Å². The summed E-state index contributed by atoms with van der Waals surface area (Å²) >= 11 is 0. The quantitative estimate of drug-likeness (QED) is 0.650. The first-order valence-corrected chi connectivity index (χ1v) is 9.16. The number of aromatic nitrogens is 2. The number of benzene rings is 1. The zero-order valence-corrected chi connectivity index (χ0v) is 16.5. The van der Waals surface area contributed by atoms with Crippen LogP contribution in [0.1, 0.15) is 36.4 Å². The Morgan fingerprint density at radius 2 is 1.81 bits per heavy atom. The van der Waals surface area contributed by atoms with Gasteiger partial charge in [-0.2, -0.15) is 5.10 Å². The first-order chi connectivity index (χ1) is 12.8. The maximum atomic E-state index is 12.0. The topological polar surface area (TPSA) is 102 Å². The van der Waals surface area contributed by atoms with Crippen LogP contribution in [0.2, 0.25) is 0 Å².